The SMILES string of the molecule is COc1cc2c3c(cccc3c1)CC2. The Kier molecular flexibility index (Phi) is 1.54. The molecule has 0 N–H and O–H groups in total. The lowest BCUT2D eigenvalue weighted by molar-refractivity contribution is 0.415. The lowest BCUT2D eigenvalue weighted by Crippen LogP contribution is -1.85. The molecule has 0 fully saturated rings. The highest BCUT2D eigenvalue weighted by Crippen LogP contribution is 2.33. The van der Waals surface area contributed by atoms with E-state index in [0.717, 1.165) is 12.2 Å². The summed E-state index contributed by atoms with van der Waals surface area (Å²) < 4.78 is 5.29. The maximum absolute atomic E-state index is 5.29. The van der Waals surface area contributed by atoms with Crippen LogP contribution in [-0.2, 0) is 12.8 Å². The van der Waals surface area contributed by atoms with Crippen LogP contribution in [0.5, 0.6) is 5.75 Å². The first-order chi connectivity index (χ1) is 6.88. The van der Waals surface area contributed by atoms with E-state index in [1.807, 2.05) is 0 Å². The minimum atomic E-state index is 0.978. The van der Waals surface area contributed by atoms with Gasteiger partial charge in [0.1, 0.15) is 5.75 Å². The van der Waals surface area contributed by atoms with Crippen LogP contribution in [0.1, 0.15) is 11.1 Å². The molecule has 0 bridgehead atoms. The van der Waals surface area contributed by atoms with Gasteiger partial charge < -0.3 is 4.74 Å². The minimum Gasteiger partial charge on any atom is -0.497 e. The molecular formula is C13H12O. The van der Waals surface area contributed by atoms with Gasteiger partial charge in [0.2, 0.25) is 0 Å². The molecule has 0 aliphatic heterocycles. The van der Waals surface area contributed by atoms with Gasteiger partial charge in [0.05, 0.1) is 7.11 Å². The Labute approximate surface area is 83.3 Å². The Morgan fingerprint density at radius 1 is 1.07 bits per heavy atom. The fraction of sp³-hybridized carbons (Fsp3) is 0.231. The minimum absolute atomic E-state index is 0.978. The largest absolute Gasteiger partial charge is 0.497 e. The number of ether oxygens (including phenoxy) is 1. The molecule has 0 unspecified atom stereocenters. The zero-order valence-corrected chi connectivity index (χ0v) is 8.21. The van der Waals surface area contributed by atoms with Gasteiger partial charge in [0.15, 0.2) is 0 Å². The van der Waals surface area contributed by atoms with E-state index in [0.29, 0.717) is 0 Å². The van der Waals surface area contributed by atoms with Crippen LogP contribution < -0.4 is 4.74 Å². The van der Waals surface area contributed by atoms with Crippen molar-refractivity contribution in [3.05, 3.63) is 41.5 Å². The lowest BCUT2D eigenvalue weighted by atomic mass is 10.0. The summed E-state index contributed by atoms with van der Waals surface area (Å²) in [7, 11) is 1.73. The maximum atomic E-state index is 5.29. The standard InChI is InChI=1S/C13H12O/c1-14-12-7-10-4-2-3-9-5-6-11(8-12)13(9)10/h2-4,7-8H,5-6H2,1H3. The molecule has 0 saturated heterocycles. The average molecular weight is 184 g/mol. The molecule has 70 valence electrons. The first-order valence-electron chi connectivity index (χ1n) is 4.97. The molecule has 0 radical (unpaired) electrons. The number of hydrogen-bond acceptors (Lipinski definition) is 1. The van der Waals surface area contributed by atoms with Crippen molar-refractivity contribution in [2.75, 3.05) is 7.11 Å². The van der Waals surface area contributed by atoms with E-state index in [1.165, 1.54) is 28.3 Å². The van der Waals surface area contributed by atoms with Gasteiger partial charge in [-0.2, -0.15) is 0 Å². The van der Waals surface area contributed by atoms with Crippen LogP contribution in [0.4, 0.5) is 0 Å². The zero-order valence-electron chi connectivity index (χ0n) is 8.21. The van der Waals surface area contributed by atoms with Crippen molar-refractivity contribution in [2.45, 2.75) is 12.8 Å². The van der Waals surface area contributed by atoms with E-state index in [1.54, 1.807) is 7.11 Å². The summed E-state index contributed by atoms with van der Waals surface area (Å²) >= 11 is 0. The summed E-state index contributed by atoms with van der Waals surface area (Å²) in [5, 5.41) is 2.77. The number of benzene rings is 2. The van der Waals surface area contributed by atoms with Crippen LogP contribution in [0, 0.1) is 0 Å². The third kappa shape index (κ3) is 0.955. The first-order valence-corrected chi connectivity index (χ1v) is 4.97. The van der Waals surface area contributed by atoms with Gasteiger partial charge in [-0.05, 0) is 46.9 Å². The van der Waals surface area contributed by atoms with Crippen molar-refractivity contribution < 1.29 is 4.74 Å². The molecular weight excluding hydrogens is 172 g/mol. The number of methoxy groups -OCH3 is 1. The Morgan fingerprint density at radius 2 is 1.93 bits per heavy atom. The molecule has 0 saturated carbocycles. The number of rotatable bonds is 1. The molecule has 14 heavy (non-hydrogen) atoms. The number of hydrogen-bond donors (Lipinski definition) is 0. The van der Waals surface area contributed by atoms with E-state index in [4.69, 9.17) is 4.74 Å². The molecule has 0 atom stereocenters. The van der Waals surface area contributed by atoms with Gasteiger partial charge in [0.25, 0.3) is 0 Å². The number of aryl methyl sites for hydroxylation is 2. The lowest BCUT2D eigenvalue weighted by Gasteiger charge is -2.05. The van der Waals surface area contributed by atoms with Crippen molar-refractivity contribution in [1.82, 2.24) is 0 Å². The molecule has 0 amide bonds. The first kappa shape index (κ1) is 7.86. The van der Waals surface area contributed by atoms with Gasteiger partial charge in [-0.15, -0.1) is 0 Å². The maximum Gasteiger partial charge on any atom is 0.119 e. The molecule has 1 aliphatic rings. The molecule has 0 heterocycles. The summed E-state index contributed by atoms with van der Waals surface area (Å²) in [6.07, 6.45) is 2.34. The van der Waals surface area contributed by atoms with E-state index in [2.05, 4.69) is 30.3 Å². The van der Waals surface area contributed by atoms with Gasteiger partial charge in [0, 0.05) is 0 Å². The summed E-state index contributed by atoms with van der Waals surface area (Å²) in [5.74, 6) is 0.978. The Balaban J connectivity index is 2.41. The van der Waals surface area contributed by atoms with Crippen LogP contribution in [0.2, 0.25) is 0 Å². The Bertz CT molecular complexity index is 500. The molecule has 2 aromatic rings. The third-order valence-electron chi connectivity index (χ3n) is 3.02. The van der Waals surface area contributed by atoms with Crippen LogP contribution in [0.25, 0.3) is 10.8 Å². The highest BCUT2D eigenvalue weighted by atomic mass is 16.5. The summed E-state index contributed by atoms with van der Waals surface area (Å²) in [6.45, 7) is 0. The second kappa shape index (κ2) is 2.74. The summed E-state index contributed by atoms with van der Waals surface area (Å²) in [4.78, 5) is 0. The van der Waals surface area contributed by atoms with Crippen molar-refractivity contribution in [1.29, 1.82) is 0 Å². The Morgan fingerprint density at radius 3 is 2.79 bits per heavy atom. The quantitative estimate of drug-likeness (QED) is 0.662. The van der Waals surface area contributed by atoms with Crippen molar-refractivity contribution in [3.63, 3.8) is 0 Å². The second-order valence-corrected chi connectivity index (χ2v) is 3.80. The normalized spacial score (nSPS) is 13.5. The predicted octanol–water partition coefficient (Wildman–Crippen LogP) is 2.95. The highest BCUT2D eigenvalue weighted by molar-refractivity contribution is 5.91. The van der Waals surface area contributed by atoms with Crippen LogP contribution >= 0.6 is 0 Å². The molecule has 0 aromatic heterocycles. The second-order valence-electron chi connectivity index (χ2n) is 3.80. The highest BCUT2D eigenvalue weighted by Gasteiger charge is 2.14. The smallest absolute Gasteiger partial charge is 0.119 e. The van der Waals surface area contributed by atoms with E-state index >= 15 is 0 Å². The molecule has 1 aliphatic carbocycles. The van der Waals surface area contributed by atoms with Gasteiger partial charge in [-0.1, -0.05) is 18.2 Å². The topological polar surface area (TPSA) is 9.23 Å². The average Bonchev–Trinajstić information content (AvgIpc) is 2.64. The monoisotopic (exact) mass is 184 g/mol. The van der Waals surface area contributed by atoms with E-state index < -0.39 is 0 Å². The summed E-state index contributed by atoms with van der Waals surface area (Å²) in [5.41, 5.74) is 2.93. The van der Waals surface area contributed by atoms with Crippen molar-refractivity contribution >= 4 is 10.8 Å². The zero-order chi connectivity index (χ0) is 9.54. The third-order valence-corrected chi connectivity index (χ3v) is 3.02. The Hall–Kier alpha value is -1.50. The predicted molar refractivity (Wildman–Crippen MR) is 57.9 cm³/mol. The van der Waals surface area contributed by atoms with Gasteiger partial charge >= 0.3 is 0 Å². The van der Waals surface area contributed by atoms with Gasteiger partial charge in [-0.3, -0.25) is 0 Å². The molecule has 1 heteroatoms. The van der Waals surface area contributed by atoms with E-state index in [-0.39, 0.29) is 0 Å². The van der Waals surface area contributed by atoms with Crippen molar-refractivity contribution in [3.8, 4) is 5.75 Å². The van der Waals surface area contributed by atoms with Crippen LogP contribution in [0.3, 0.4) is 0 Å². The van der Waals surface area contributed by atoms with E-state index in [9.17, 15) is 0 Å². The van der Waals surface area contributed by atoms with Crippen LogP contribution in [-0.4, -0.2) is 7.11 Å². The molecule has 1 nitrogen and oxygen atoms in total. The van der Waals surface area contributed by atoms with Gasteiger partial charge in [-0.25, -0.2) is 0 Å². The fourth-order valence-corrected chi connectivity index (χ4v) is 2.36. The van der Waals surface area contributed by atoms with Crippen LogP contribution in [0.15, 0.2) is 30.3 Å². The molecule has 0 spiro atoms. The molecule has 3 rings (SSSR count). The molecule has 2 aromatic carbocycles. The fourth-order valence-electron chi connectivity index (χ4n) is 2.36. The summed E-state index contributed by atoms with van der Waals surface area (Å²) in [6, 6.07) is 10.8. The van der Waals surface area contributed by atoms with Crippen molar-refractivity contribution in [2.24, 2.45) is 0 Å².